The summed E-state index contributed by atoms with van der Waals surface area (Å²) in [6.45, 7) is 7.63. The van der Waals surface area contributed by atoms with Gasteiger partial charge in [-0.15, -0.1) is 0 Å². The number of ether oxygens (including phenoxy) is 1. The van der Waals surface area contributed by atoms with Gasteiger partial charge in [-0.3, -0.25) is 0 Å². The van der Waals surface area contributed by atoms with Gasteiger partial charge < -0.3 is 9.72 Å². The van der Waals surface area contributed by atoms with Crippen molar-refractivity contribution in [3.8, 4) is 0 Å². The van der Waals surface area contributed by atoms with Crippen LogP contribution in [0.15, 0.2) is 4.90 Å². The van der Waals surface area contributed by atoms with Gasteiger partial charge in [-0.25, -0.2) is 17.5 Å². The summed E-state index contributed by atoms with van der Waals surface area (Å²) in [4.78, 5) is 15.0. The lowest BCUT2D eigenvalue weighted by Crippen LogP contribution is -2.29. The number of hydrogen-bond donors (Lipinski definition) is 1. The molecule has 120 valence electrons. The van der Waals surface area contributed by atoms with Crippen LogP contribution in [0.2, 0.25) is 0 Å². The van der Waals surface area contributed by atoms with Crippen LogP contribution in [0.3, 0.4) is 0 Å². The number of aromatic nitrogens is 1. The molecule has 1 aromatic heterocycles. The van der Waals surface area contributed by atoms with Crippen molar-refractivity contribution >= 4 is 16.0 Å². The zero-order valence-corrected chi connectivity index (χ0v) is 14.1. The molecule has 7 heteroatoms. The highest BCUT2D eigenvalue weighted by Crippen LogP contribution is 2.27. The summed E-state index contributed by atoms with van der Waals surface area (Å²) in [6.07, 6.45) is 1.67. The minimum absolute atomic E-state index is 0.0250. The molecule has 0 bridgehead atoms. The molecule has 0 aromatic carbocycles. The Morgan fingerprint density at radius 3 is 2.38 bits per heavy atom. The summed E-state index contributed by atoms with van der Waals surface area (Å²) in [5, 5.41) is 0. The number of unbranched alkanes of at least 4 members (excludes halogenated alkanes) is 1. The molecule has 0 aliphatic carbocycles. The normalized spacial score (nSPS) is 11.9. The van der Waals surface area contributed by atoms with Crippen molar-refractivity contribution in [1.29, 1.82) is 0 Å². The molecular formula is C14H24N2O4S. The van der Waals surface area contributed by atoms with E-state index in [2.05, 4.69) is 4.98 Å². The van der Waals surface area contributed by atoms with Crippen molar-refractivity contribution in [3.05, 3.63) is 17.0 Å². The van der Waals surface area contributed by atoms with Gasteiger partial charge in [-0.1, -0.05) is 13.3 Å². The zero-order valence-electron chi connectivity index (χ0n) is 13.3. The summed E-state index contributed by atoms with van der Waals surface area (Å²) in [5.74, 6) is -0.609. The summed E-state index contributed by atoms with van der Waals surface area (Å²) in [6, 6.07) is 0. The molecule has 0 amide bonds. The number of carbonyl (C=O) groups excluding carboxylic acids is 1. The zero-order chi connectivity index (χ0) is 16.2. The molecule has 0 aliphatic rings. The Morgan fingerprint density at radius 2 is 1.86 bits per heavy atom. The first-order chi connectivity index (χ1) is 9.77. The van der Waals surface area contributed by atoms with Gasteiger partial charge >= 0.3 is 5.97 Å². The highest BCUT2D eigenvalue weighted by Gasteiger charge is 2.32. The lowest BCUT2D eigenvalue weighted by molar-refractivity contribution is 0.0521. The lowest BCUT2D eigenvalue weighted by Gasteiger charge is -2.17. The van der Waals surface area contributed by atoms with E-state index in [-0.39, 0.29) is 17.1 Å². The highest BCUT2D eigenvalue weighted by atomic mass is 32.2. The predicted octanol–water partition coefficient (Wildman–Crippen LogP) is 2.23. The maximum Gasteiger partial charge on any atom is 0.341 e. The van der Waals surface area contributed by atoms with E-state index in [1.165, 1.54) is 11.4 Å². The van der Waals surface area contributed by atoms with Crippen molar-refractivity contribution in [1.82, 2.24) is 9.29 Å². The van der Waals surface area contributed by atoms with Gasteiger partial charge in [0.2, 0.25) is 10.0 Å². The molecule has 21 heavy (non-hydrogen) atoms. The minimum atomic E-state index is -3.71. The number of hydrogen-bond acceptors (Lipinski definition) is 4. The van der Waals surface area contributed by atoms with Crippen molar-refractivity contribution in [3.63, 3.8) is 0 Å². The second-order valence-electron chi connectivity index (χ2n) is 4.98. The SMILES string of the molecule is CCCCN(C)S(=O)(=O)c1c(C)[nH]c(C)c1C(=O)OCC. The van der Waals surface area contributed by atoms with Crippen LogP contribution >= 0.6 is 0 Å². The molecule has 0 saturated heterocycles. The number of aromatic amines is 1. The van der Waals surface area contributed by atoms with E-state index in [0.29, 0.717) is 17.9 Å². The van der Waals surface area contributed by atoms with Gasteiger partial charge in [-0.2, -0.15) is 0 Å². The number of rotatable bonds is 7. The number of sulfonamides is 1. The fourth-order valence-corrected chi connectivity index (χ4v) is 3.80. The van der Waals surface area contributed by atoms with E-state index < -0.39 is 16.0 Å². The molecule has 1 rings (SSSR count). The number of nitrogens with one attached hydrogen (secondary N) is 1. The van der Waals surface area contributed by atoms with Crippen LogP contribution in [0, 0.1) is 13.8 Å². The maximum absolute atomic E-state index is 12.7. The molecule has 6 nitrogen and oxygen atoms in total. The van der Waals surface area contributed by atoms with Crippen molar-refractivity contribution in [2.45, 2.75) is 45.4 Å². The third kappa shape index (κ3) is 3.65. The Balaban J connectivity index is 3.32. The Labute approximate surface area is 126 Å². The number of aryl methyl sites for hydroxylation is 2. The predicted molar refractivity (Wildman–Crippen MR) is 80.9 cm³/mol. The van der Waals surface area contributed by atoms with Gasteiger partial charge in [-0.05, 0) is 27.2 Å². The Morgan fingerprint density at radius 1 is 1.24 bits per heavy atom. The Hall–Kier alpha value is -1.34. The van der Waals surface area contributed by atoms with Crippen LogP contribution in [0.5, 0.6) is 0 Å². The second-order valence-corrected chi connectivity index (χ2v) is 6.96. The Kier molecular flexibility index (Phi) is 5.98. The van der Waals surface area contributed by atoms with E-state index in [9.17, 15) is 13.2 Å². The first-order valence-electron chi connectivity index (χ1n) is 7.09. The summed E-state index contributed by atoms with van der Waals surface area (Å²) in [5.41, 5.74) is 1.07. The minimum Gasteiger partial charge on any atom is -0.462 e. The molecule has 0 spiro atoms. The van der Waals surface area contributed by atoms with E-state index in [4.69, 9.17) is 4.74 Å². The van der Waals surface area contributed by atoms with Crippen LogP contribution in [-0.2, 0) is 14.8 Å². The van der Waals surface area contributed by atoms with Gasteiger partial charge in [0.15, 0.2) is 0 Å². The number of esters is 1. The number of nitrogens with zero attached hydrogens (tertiary/aromatic N) is 1. The molecule has 1 heterocycles. The average Bonchev–Trinajstić information content (AvgIpc) is 2.71. The Bertz CT molecular complexity index is 605. The fourth-order valence-electron chi connectivity index (χ4n) is 2.19. The second kappa shape index (κ2) is 7.09. The molecular weight excluding hydrogens is 292 g/mol. The molecule has 0 atom stereocenters. The smallest absolute Gasteiger partial charge is 0.341 e. The van der Waals surface area contributed by atoms with Crippen LogP contribution in [0.1, 0.15) is 48.4 Å². The molecule has 1 aromatic rings. The fraction of sp³-hybridized carbons (Fsp3) is 0.643. The van der Waals surface area contributed by atoms with Crippen LogP contribution in [0.4, 0.5) is 0 Å². The van der Waals surface area contributed by atoms with Crippen LogP contribution in [0.25, 0.3) is 0 Å². The third-order valence-electron chi connectivity index (χ3n) is 3.29. The first kappa shape index (κ1) is 17.7. The van der Waals surface area contributed by atoms with E-state index >= 15 is 0 Å². The van der Waals surface area contributed by atoms with E-state index in [0.717, 1.165) is 12.8 Å². The van der Waals surface area contributed by atoms with Gasteiger partial charge in [0.05, 0.1) is 6.61 Å². The summed E-state index contributed by atoms with van der Waals surface area (Å²) in [7, 11) is -2.18. The topological polar surface area (TPSA) is 79.5 Å². The molecule has 0 radical (unpaired) electrons. The molecule has 0 fully saturated rings. The standard InChI is InChI=1S/C14H24N2O4S/c1-6-8-9-16(5)21(18,19)13-11(4)15-10(3)12(13)14(17)20-7-2/h15H,6-9H2,1-5H3. The lowest BCUT2D eigenvalue weighted by atomic mass is 10.2. The molecule has 0 aliphatic heterocycles. The average molecular weight is 316 g/mol. The van der Waals surface area contributed by atoms with Crippen LogP contribution < -0.4 is 0 Å². The quantitative estimate of drug-likeness (QED) is 0.782. The number of carbonyl (C=O) groups is 1. The largest absolute Gasteiger partial charge is 0.462 e. The van der Waals surface area contributed by atoms with E-state index in [1.807, 2.05) is 6.92 Å². The molecule has 1 N–H and O–H groups in total. The van der Waals surface area contributed by atoms with Gasteiger partial charge in [0, 0.05) is 25.0 Å². The van der Waals surface area contributed by atoms with Crippen LogP contribution in [-0.4, -0.2) is 43.9 Å². The van der Waals surface area contributed by atoms with Crippen molar-refractivity contribution in [2.24, 2.45) is 0 Å². The number of H-pyrrole nitrogens is 1. The third-order valence-corrected chi connectivity index (χ3v) is 5.32. The monoisotopic (exact) mass is 316 g/mol. The van der Waals surface area contributed by atoms with Crippen molar-refractivity contribution in [2.75, 3.05) is 20.2 Å². The van der Waals surface area contributed by atoms with Crippen molar-refractivity contribution < 1.29 is 17.9 Å². The van der Waals surface area contributed by atoms with E-state index in [1.54, 1.807) is 20.8 Å². The maximum atomic E-state index is 12.7. The summed E-state index contributed by atoms with van der Waals surface area (Å²) < 4.78 is 31.7. The highest BCUT2D eigenvalue weighted by molar-refractivity contribution is 7.89. The van der Waals surface area contributed by atoms with Gasteiger partial charge in [0.25, 0.3) is 0 Å². The van der Waals surface area contributed by atoms with Gasteiger partial charge in [0.1, 0.15) is 10.5 Å². The summed E-state index contributed by atoms with van der Waals surface area (Å²) >= 11 is 0. The molecule has 0 unspecified atom stereocenters. The molecule has 0 saturated carbocycles. The first-order valence-corrected chi connectivity index (χ1v) is 8.53.